The van der Waals surface area contributed by atoms with Crippen molar-refractivity contribution in [2.75, 3.05) is 13.1 Å². The summed E-state index contributed by atoms with van der Waals surface area (Å²) in [5.74, 6) is 0.797. The zero-order valence-electron chi connectivity index (χ0n) is 14.7. The monoisotopic (exact) mass is 298 g/mol. The van der Waals surface area contributed by atoms with Crippen molar-refractivity contribution in [2.45, 2.75) is 78.9 Å². The highest BCUT2D eigenvalue weighted by Gasteiger charge is 2.31. The van der Waals surface area contributed by atoms with E-state index < -0.39 is 5.60 Å². The molecule has 2 atom stereocenters. The molecule has 0 spiro atoms. The Kier molecular flexibility index (Phi) is 6.51. The van der Waals surface area contributed by atoms with Crippen molar-refractivity contribution in [3.63, 3.8) is 0 Å². The Morgan fingerprint density at radius 1 is 1.24 bits per heavy atom. The Bertz CT molecular complexity index is 334. The van der Waals surface area contributed by atoms with Crippen molar-refractivity contribution in [2.24, 2.45) is 11.3 Å². The number of alkyl carbamates (subject to hydrolysis) is 1. The number of carbonyl (C=O) groups is 1. The fraction of sp³-hybridized carbons (Fsp3) is 0.941. The van der Waals surface area contributed by atoms with E-state index in [9.17, 15) is 4.79 Å². The van der Waals surface area contributed by atoms with Crippen LogP contribution < -0.4 is 10.6 Å². The largest absolute Gasteiger partial charge is 0.444 e. The van der Waals surface area contributed by atoms with Gasteiger partial charge in [-0.25, -0.2) is 4.79 Å². The molecule has 4 nitrogen and oxygen atoms in total. The number of hydrogen-bond acceptors (Lipinski definition) is 3. The van der Waals surface area contributed by atoms with Gasteiger partial charge in [-0.05, 0) is 64.3 Å². The molecule has 4 heteroatoms. The molecule has 21 heavy (non-hydrogen) atoms. The van der Waals surface area contributed by atoms with E-state index in [1.807, 2.05) is 20.8 Å². The summed E-state index contributed by atoms with van der Waals surface area (Å²) in [6, 6.07) is 0.616. The zero-order chi connectivity index (χ0) is 16.1. The maximum atomic E-state index is 11.5. The van der Waals surface area contributed by atoms with Crippen LogP contribution in [0.15, 0.2) is 0 Å². The number of amides is 1. The third kappa shape index (κ3) is 8.30. The van der Waals surface area contributed by atoms with Gasteiger partial charge in [0.2, 0.25) is 0 Å². The highest BCUT2D eigenvalue weighted by atomic mass is 16.6. The fourth-order valence-electron chi connectivity index (χ4n) is 3.40. The van der Waals surface area contributed by atoms with Gasteiger partial charge < -0.3 is 15.4 Å². The van der Waals surface area contributed by atoms with Crippen LogP contribution in [0.4, 0.5) is 4.79 Å². The molecule has 1 saturated carbocycles. The number of carbonyl (C=O) groups excluding carboxylic acids is 1. The molecular weight excluding hydrogens is 264 g/mol. The van der Waals surface area contributed by atoms with E-state index in [1.165, 1.54) is 19.3 Å². The molecule has 1 amide bonds. The lowest BCUT2D eigenvalue weighted by Crippen LogP contribution is -2.41. The Labute approximate surface area is 130 Å². The minimum absolute atomic E-state index is 0.324. The average molecular weight is 298 g/mol. The molecule has 0 saturated heterocycles. The first-order valence-electron chi connectivity index (χ1n) is 8.28. The molecule has 1 fully saturated rings. The minimum atomic E-state index is -0.424. The minimum Gasteiger partial charge on any atom is -0.444 e. The van der Waals surface area contributed by atoms with Gasteiger partial charge in [-0.1, -0.05) is 20.8 Å². The molecule has 0 heterocycles. The lowest BCUT2D eigenvalue weighted by atomic mass is 9.70. The van der Waals surface area contributed by atoms with Crippen molar-refractivity contribution >= 4 is 6.09 Å². The van der Waals surface area contributed by atoms with Crippen molar-refractivity contribution in [1.29, 1.82) is 0 Å². The molecule has 0 bridgehead atoms. The van der Waals surface area contributed by atoms with E-state index in [0.717, 1.165) is 18.9 Å². The predicted octanol–water partition coefficient (Wildman–Crippen LogP) is 3.71. The van der Waals surface area contributed by atoms with Gasteiger partial charge in [-0.15, -0.1) is 0 Å². The topological polar surface area (TPSA) is 50.4 Å². The van der Waals surface area contributed by atoms with Crippen molar-refractivity contribution in [1.82, 2.24) is 10.6 Å². The third-order valence-electron chi connectivity index (χ3n) is 3.84. The van der Waals surface area contributed by atoms with Gasteiger partial charge in [0.1, 0.15) is 5.60 Å². The normalized spacial score (nSPS) is 25.4. The van der Waals surface area contributed by atoms with Gasteiger partial charge >= 0.3 is 6.09 Å². The van der Waals surface area contributed by atoms with Gasteiger partial charge in [0.25, 0.3) is 0 Å². The van der Waals surface area contributed by atoms with Crippen LogP contribution in [0.2, 0.25) is 0 Å². The first kappa shape index (κ1) is 18.3. The summed E-state index contributed by atoms with van der Waals surface area (Å²) in [7, 11) is 0. The predicted molar refractivity (Wildman–Crippen MR) is 87.4 cm³/mol. The smallest absolute Gasteiger partial charge is 0.407 e. The Morgan fingerprint density at radius 3 is 2.48 bits per heavy atom. The second kappa shape index (κ2) is 7.48. The summed E-state index contributed by atoms with van der Waals surface area (Å²) in [5.41, 5.74) is 0.0241. The molecule has 0 radical (unpaired) electrons. The van der Waals surface area contributed by atoms with E-state index in [2.05, 4.69) is 31.4 Å². The molecule has 0 aliphatic heterocycles. The summed E-state index contributed by atoms with van der Waals surface area (Å²) in [4.78, 5) is 11.5. The molecule has 1 rings (SSSR count). The van der Waals surface area contributed by atoms with Gasteiger partial charge in [-0.2, -0.15) is 0 Å². The van der Waals surface area contributed by atoms with E-state index in [-0.39, 0.29) is 6.09 Å². The molecular formula is C17H34N2O2. The van der Waals surface area contributed by atoms with E-state index in [0.29, 0.717) is 18.0 Å². The fourth-order valence-corrected chi connectivity index (χ4v) is 3.40. The number of hydrogen-bond donors (Lipinski definition) is 2. The molecule has 0 aromatic rings. The van der Waals surface area contributed by atoms with Gasteiger partial charge in [0.15, 0.2) is 0 Å². The summed E-state index contributed by atoms with van der Waals surface area (Å²) in [5, 5.41) is 6.44. The molecule has 0 aromatic carbocycles. The molecule has 124 valence electrons. The average Bonchev–Trinajstić information content (AvgIpc) is 2.22. The molecule has 0 aromatic heterocycles. The first-order chi connectivity index (χ1) is 9.57. The lowest BCUT2D eigenvalue weighted by Gasteiger charge is -2.39. The molecule has 1 aliphatic carbocycles. The quantitative estimate of drug-likeness (QED) is 0.761. The number of ether oxygens (including phenoxy) is 1. The van der Waals surface area contributed by atoms with Gasteiger partial charge in [-0.3, -0.25) is 0 Å². The SMILES string of the molecule is CC1CC(NCCCNC(=O)OC(C)(C)C)CC(C)(C)C1. The van der Waals surface area contributed by atoms with Gasteiger partial charge in [0, 0.05) is 12.6 Å². The maximum Gasteiger partial charge on any atom is 0.407 e. The van der Waals surface area contributed by atoms with E-state index >= 15 is 0 Å². The summed E-state index contributed by atoms with van der Waals surface area (Å²) in [6.45, 7) is 14.3. The molecule has 2 unspecified atom stereocenters. The summed E-state index contributed by atoms with van der Waals surface area (Å²) in [6.07, 6.45) is 4.45. The molecule has 2 N–H and O–H groups in total. The zero-order valence-corrected chi connectivity index (χ0v) is 14.7. The van der Waals surface area contributed by atoms with E-state index in [4.69, 9.17) is 4.74 Å². The van der Waals surface area contributed by atoms with Crippen LogP contribution in [-0.2, 0) is 4.74 Å². The number of rotatable bonds is 5. The number of nitrogens with one attached hydrogen (secondary N) is 2. The van der Waals surface area contributed by atoms with Crippen LogP contribution in [-0.4, -0.2) is 30.8 Å². The Hall–Kier alpha value is -0.770. The Morgan fingerprint density at radius 2 is 1.90 bits per heavy atom. The Balaban J connectivity index is 2.13. The second-order valence-corrected chi connectivity index (χ2v) is 8.35. The van der Waals surface area contributed by atoms with Crippen molar-refractivity contribution < 1.29 is 9.53 Å². The highest BCUT2D eigenvalue weighted by molar-refractivity contribution is 5.67. The molecule has 1 aliphatic rings. The second-order valence-electron chi connectivity index (χ2n) is 8.35. The van der Waals surface area contributed by atoms with Crippen LogP contribution in [0.5, 0.6) is 0 Å². The van der Waals surface area contributed by atoms with E-state index in [1.54, 1.807) is 0 Å². The maximum absolute atomic E-state index is 11.5. The van der Waals surface area contributed by atoms with Crippen LogP contribution in [0.25, 0.3) is 0 Å². The van der Waals surface area contributed by atoms with Crippen LogP contribution >= 0.6 is 0 Å². The van der Waals surface area contributed by atoms with Crippen LogP contribution in [0.1, 0.15) is 67.2 Å². The van der Waals surface area contributed by atoms with Gasteiger partial charge in [0.05, 0.1) is 0 Å². The van der Waals surface area contributed by atoms with Crippen LogP contribution in [0.3, 0.4) is 0 Å². The summed E-state index contributed by atoms with van der Waals surface area (Å²) < 4.78 is 5.21. The van der Waals surface area contributed by atoms with Crippen molar-refractivity contribution in [3.8, 4) is 0 Å². The standard InChI is InChI=1S/C17H34N2O2/c1-13-10-14(12-17(5,6)11-13)18-8-7-9-19-15(20)21-16(2,3)4/h13-14,18H,7-12H2,1-6H3,(H,19,20). The lowest BCUT2D eigenvalue weighted by molar-refractivity contribution is 0.0527. The van der Waals surface area contributed by atoms with Crippen LogP contribution in [0, 0.1) is 11.3 Å². The van der Waals surface area contributed by atoms with Crippen molar-refractivity contribution in [3.05, 3.63) is 0 Å². The summed E-state index contributed by atoms with van der Waals surface area (Å²) >= 11 is 0. The first-order valence-corrected chi connectivity index (χ1v) is 8.28. The third-order valence-corrected chi connectivity index (χ3v) is 3.84. The highest BCUT2D eigenvalue weighted by Crippen LogP contribution is 2.38.